The monoisotopic (exact) mass is 184 g/mol. The molecule has 0 saturated carbocycles. The van der Waals surface area contributed by atoms with Gasteiger partial charge in [0.1, 0.15) is 4.99 Å². The predicted octanol–water partition coefficient (Wildman–Crippen LogP) is -2.16. The van der Waals surface area contributed by atoms with Crippen molar-refractivity contribution in [2.75, 3.05) is 0 Å². The van der Waals surface area contributed by atoms with Crippen LogP contribution >= 0.6 is 12.2 Å². The summed E-state index contributed by atoms with van der Waals surface area (Å²) < 4.78 is 0. The van der Waals surface area contributed by atoms with Crippen molar-refractivity contribution in [1.29, 1.82) is 0 Å². The van der Waals surface area contributed by atoms with Crippen molar-refractivity contribution in [3.8, 4) is 0 Å². The fourth-order valence-corrected chi connectivity index (χ4v) is 1.35. The average molecular weight is 184 g/mol. The highest BCUT2D eigenvalue weighted by molar-refractivity contribution is 7.80. The number of amidine groups is 1. The molecule has 2 atom stereocenters. The molecule has 0 spiro atoms. The molecule has 0 aromatic carbocycles. The number of nitrogens with two attached hydrogens (primary N) is 2. The molecule has 0 radical (unpaired) electrons. The first-order valence-electron chi connectivity index (χ1n) is 3.37. The fraction of sp³-hybridized carbons (Fsp3) is 0.400. The molecule has 0 fully saturated rings. The van der Waals surface area contributed by atoms with Crippen molar-refractivity contribution in [3.05, 3.63) is 0 Å². The number of rotatable bonds is 0. The number of fused-ring (bicyclic) bond motifs is 1. The molecule has 64 valence electrons. The molecule has 12 heavy (non-hydrogen) atoms. The molecule has 2 aliphatic heterocycles. The Morgan fingerprint density at radius 2 is 2.42 bits per heavy atom. The van der Waals surface area contributed by atoms with Crippen LogP contribution in [0.25, 0.3) is 0 Å². The molecule has 0 aliphatic carbocycles. The number of nitrogens with zero attached hydrogens (tertiary/aromatic N) is 2. The van der Waals surface area contributed by atoms with Gasteiger partial charge >= 0.3 is 0 Å². The summed E-state index contributed by atoms with van der Waals surface area (Å²) >= 11 is 4.98. The molecule has 0 amide bonds. The van der Waals surface area contributed by atoms with Gasteiger partial charge in [0.15, 0.2) is 12.1 Å². The van der Waals surface area contributed by atoms with Crippen LogP contribution in [0.15, 0.2) is 9.98 Å². The van der Waals surface area contributed by atoms with E-state index < -0.39 is 12.0 Å². The van der Waals surface area contributed by atoms with Gasteiger partial charge < -0.3 is 10.6 Å². The Bertz CT molecular complexity index is 296. The third-order valence-corrected chi connectivity index (χ3v) is 2.15. The summed E-state index contributed by atoms with van der Waals surface area (Å²) in [5.74, 6) is 0.499. The Balaban J connectivity index is 2.45. The lowest BCUT2D eigenvalue weighted by atomic mass is 10.1. The van der Waals surface area contributed by atoms with Gasteiger partial charge in [-0.25, -0.2) is 9.98 Å². The largest absolute Gasteiger partial charge is 0.343 e. The lowest BCUT2D eigenvalue weighted by molar-refractivity contribution is 0.603. The number of hydrogen-bond acceptors (Lipinski definition) is 6. The van der Waals surface area contributed by atoms with E-state index in [0.717, 1.165) is 0 Å². The van der Waals surface area contributed by atoms with Gasteiger partial charge in [0.05, 0.1) is 6.34 Å². The third-order valence-electron chi connectivity index (χ3n) is 1.72. The van der Waals surface area contributed by atoms with E-state index in [-0.39, 0.29) is 0 Å². The van der Waals surface area contributed by atoms with Crippen molar-refractivity contribution in [2.24, 2.45) is 21.5 Å². The SMILES string of the molecule is NC1N=C2NC=NC2(N)C(=S)N1. The second-order valence-electron chi connectivity index (χ2n) is 2.56. The normalized spacial score (nSPS) is 38.3. The zero-order valence-electron chi connectivity index (χ0n) is 6.11. The van der Waals surface area contributed by atoms with Crippen molar-refractivity contribution in [1.82, 2.24) is 10.6 Å². The second kappa shape index (κ2) is 2.22. The third kappa shape index (κ3) is 0.840. The summed E-state index contributed by atoms with van der Waals surface area (Å²) in [5.41, 5.74) is 10.3. The van der Waals surface area contributed by atoms with E-state index in [0.29, 0.717) is 10.8 Å². The highest BCUT2D eigenvalue weighted by atomic mass is 32.1. The van der Waals surface area contributed by atoms with Crippen molar-refractivity contribution >= 4 is 29.4 Å². The van der Waals surface area contributed by atoms with Crippen LogP contribution in [0.5, 0.6) is 0 Å². The minimum Gasteiger partial charge on any atom is -0.343 e. The fourth-order valence-electron chi connectivity index (χ4n) is 1.08. The first-order valence-corrected chi connectivity index (χ1v) is 3.78. The van der Waals surface area contributed by atoms with E-state index >= 15 is 0 Å². The van der Waals surface area contributed by atoms with Gasteiger partial charge in [0.25, 0.3) is 0 Å². The smallest absolute Gasteiger partial charge is 0.218 e. The topological polar surface area (TPSA) is 101 Å². The van der Waals surface area contributed by atoms with Gasteiger partial charge in [-0.3, -0.25) is 11.5 Å². The van der Waals surface area contributed by atoms with E-state index in [1.807, 2.05) is 0 Å². The maximum atomic E-state index is 5.82. The van der Waals surface area contributed by atoms with Gasteiger partial charge in [-0.1, -0.05) is 12.2 Å². The van der Waals surface area contributed by atoms with Crippen LogP contribution in [0.3, 0.4) is 0 Å². The Labute approximate surface area is 74.1 Å². The first kappa shape index (κ1) is 7.59. The van der Waals surface area contributed by atoms with Gasteiger partial charge in [-0.05, 0) is 0 Å². The lowest BCUT2D eigenvalue weighted by Gasteiger charge is -2.29. The van der Waals surface area contributed by atoms with E-state index in [1.165, 1.54) is 6.34 Å². The van der Waals surface area contributed by atoms with Crippen molar-refractivity contribution in [3.63, 3.8) is 0 Å². The molecule has 2 aliphatic rings. The maximum absolute atomic E-state index is 5.82. The molecule has 0 aromatic rings. The molecule has 0 saturated heterocycles. The van der Waals surface area contributed by atoms with Crippen LogP contribution in [-0.4, -0.2) is 29.1 Å². The molecule has 6 N–H and O–H groups in total. The summed E-state index contributed by atoms with van der Waals surface area (Å²) in [7, 11) is 0. The summed E-state index contributed by atoms with van der Waals surface area (Å²) in [4.78, 5) is 8.35. The molecule has 2 unspecified atom stereocenters. The molecule has 2 rings (SSSR count). The molecule has 7 heteroatoms. The van der Waals surface area contributed by atoms with E-state index in [9.17, 15) is 0 Å². The van der Waals surface area contributed by atoms with Crippen molar-refractivity contribution < 1.29 is 0 Å². The van der Waals surface area contributed by atoms with Crippen LogP contribution in [0.1, 0.15) is 0 Å². The maximum Gasteiger partial charge on any atom is 0.218 e. The molecular formula is C5H8N6S. The second-order valence-corrected chi connectivity index (χ2v) is 2.97. The van der Waals surface area contributed by atoms with Crippen LogP contribution in [0.4, 0.5) is 0 Å². The van der Waals surface area contributed by atoms with Crippen LogP contribution in [0.2, 0.25) is 0 Å². The summed E-state index contributed by atoms with van der Waals surface area (Å²) in [6.07, 6.45) is 0.934. The van der Waals surface area contributed by atoms with Gasteiger partial charge in [-0.15, -0.1) is 0 Å². The van der Waals surface area contributed by atoms with E-state index in [4.69, 9.17) is 23.7 Å². The zero-order valence-corrected chi connectivity index (χ0v) is 6.93. The molecule has 2 heterocycles. The summed E-state index contributed by atoms with van der Waals surface area (Å²) in [6, 6.07) is 0. The van der Waals surface area contributed by atoms with Crippen LogP contribution in [0, 0.1) is 0 Å². The summed E-state index contributed by atoms with van der Waals surface area (Å²) in [5, 5.41) is 5.52. The Hall–Kier alpha value is -1.05. The molecule has 0 aromatic heterocycles. The number of aliphatic imine (C=N–C) groups is 2. The molecule has 6 nitrogen and oxygen atoms in total. The van der Waals surface area contributed by atoms with Crippen molar-refractivity contribution in [2.45, 2.75) is 12.0 Å². The lowest BCUT2D eigenvalue weighted by Crippen LogP contribution is -2.64. The average Bonchev–Trinajstić information content (AvgIpc) is 2.33. The standard InChI is InChI=1S/C5H8N6S/c6-4-10-2-5(7,3(12)11-4)9-1-8-2/h1,4H,6-7H2,(H,11,12)(H,8,9,10). The minimum atomic E-state index is -1.02. The predicted molar refractivity (Wildman–Crippen MR) is 49.7 cm³/mol. The minimum absolute atomic E-state index is 0.390. The summed E-state index contributed by atoms with van der Waals surface area (Å²) in [6.45, 7) is 0. The van der Waals surface area contributed by atoms with Crippen LogP contribution in [-0.2, 0) is 0 Å². The Kier molecular flexibility index (Phi) is 1.40. The van der Waals surface area contributed by atoms with Crippen LogP contribution < -0.4 is 22.1 Å². The van der Waals surface area contributed by atoms with Gasteiger partial charge in [-0.2, -0.15) is 0 Å². The van der Waals surface area contributed by atoms with E-state index in [2.05, 4.69) is 20.6 Å². The highest BCUT2D eigenvalue weighted by Crippen LogP contribution is 2.14. The van der Waals surface area contributed by atoms with Gasteiger partial charge in [0.2, 0.25) is 5.66 Å². The quantitative estimate of drug-likeness (QED) is 0.321. The molecular weight excluding hydrogens is 176 g/mol. The van der Waals surface area contributed by atoms with E-state index in [1.54, 1.807) is 0 Å². The van der Waals surface area contributed by atoms with Gasteiger partial charge in [0, 0.05) is 0 Å². The zero-order chi connectivity index (χ0) is 8.77. The number of hydrogen-bond donors (Lipinski definition) is 4. The Morgan fingerprint density at radius 1 is 1.67 bits per heavy atom. The molecule has 0 bridgehead atoms. The highest BCUT2D eigenvalue weighted by Gasteiger charge is 2.42. The number of nitrogens with one attached hydrogen (secondary N) is 2. The Morgan fingerprint density at radius 3 is 3.17 bits per heavy atom. The first-order chi connectivity index (χ1) is 5.63. The number of thiocarbonyl (C=S) groups is 1.